The zero-order chi connectivity index (χ0) is 17.3. The average molecular weight is 324 g/mol. The van der Waals surface area contributed by atoms with Crippen LogP contribution in [-0.2, 0) is 0 Å². The number of rotatable bonds is 6. The van der Waals surface area contributed by atoms with Gasteiger partial charge in [-0.25, -0.2) is 0 Å². The number of benzene rings is 3. The molecule has 2 heteroatoms. The first-order chi connectivity index (χ1) is 12.4. The van der Waals surface area contributed by atoms with Crippen molar-refractivity contribution in [3.63, 3.8) is 0 Å². The van der Waals surface area contributed by atoms with Crippen LogP contribution in [0.4, 0.5) is 0 Å². The Hall–Kier alpha value is -3.15. The van der Waals surface area contributed by atoms with E-state index in [-0.39, 0.29) is 12.1 Å². The molecule has 0 amide bonds. The van der Waals surface area contributed by atoms with Crippen molar-refractivity contribution >= 4 is 6.08 Å². The predicted octanol–water partition coefficient (Wildman–Crippen LogP) is 4.97. The lowest BCUT2D eigenvalue weighted by molar-refractivity contribution is 0.600. The van der Waals surface area contributed by atoms with E-state index in [1.807, 2.05) is 78.9 Å². The van der Waals surface area contributed by atoms with Gasteiger partial charge in [-0.05, 0) is 16.7 Å². The Morgan fingerprint density at radius 1 is 0.720 bits per heavy atom. The summed E-state index contributed by atoms with van der Waals surface area (Å²) in [5.74, 6) is 0. The Morgan fingerprint density at radius 2 is 1.20 bits per heavy atom. The van der Waals surface area contributed by atoms with Crippen molar-refractivity contribution in [3.8, 4) is 6.07 Å². The van der Waals surface area contributed by atoms with Gasteiger partial charge < -0.3 is 0 Å². The highest BCUT2D eigenvalue weighted by molar-refractivity contribution is 5.50. The SMILES string of the molecule is N#C[C@@H](C=Cc1ccccc1)NC(c1ccccc1)c1ccccc1. The third-order valence-electron chi connectivity index (χ3n) is 4.03. The van der Waals surface area contributed by atoms with Crippen LogP contribution in [0.2, 0.25) is 0 Å². The number of nitrogens with zero attached hydrogens (tertiary/aromatic N) is 1. The molecule has 3 aromatic carbocycles. The van der Waals surface area contributed by atoms with E-state index in [1.165, 1.54) is 0 Å². The third kappa shape index (κ3) is 4.67. The van der Waals surface area contributed by atoms with Crippen LogP contribution < -0.4 is 5.32 Å². The minimum Gasteiger partial charge on any atom is -0.288 e. The van der Waals surface area contributed by atoms with E-state index in [4.69, 9.17) is 0 Å². The number of hydrogen-bond donors (Lipinski definition) is 1. The molecule has 0 aliphatic rings. The van der Waals surface area contributed by atoms with Gasteiger partial charge >= 0.3 is 0 Å². The second kappa shape index (κ2) is 8.63. The fourth-order valence-electron chi connectivity index (χ4n) is 2.76. The maximum Gasteiger partial charge on any atom is 0.115 e. The van der Waals surface area contributed by atoms with Crippen LogP contribution in [0, 0.1) is 11.3 Å². The van der Waals surface area contributed by atoms with Crippen molar-refractivity contribution < 1.29 is 0 Å². The maximum absolute atomic E-state index is 9.58. The van der Waals surface area contributed by atoms with Gasteiger partial charge in [-0.1, -0.05) is 103 Å². The second-order valence-corrected chi connectivity index (χ2v) is 5.80. The molecule has 0 fully saturated rings. The topological polar surface area (TPSA) is 35.8 Å². The number of hydrogen-bond acceptors (Lipinski definition) is 2. The minimum absolute atomic E-state index is 0.0347. The lowest BCUT2D eigenvalue weighted by Crippen LogP contribution is -2.31. The van der Waals surface area contributed by atoms with Gasteiger partial charge in [0.05, 0.1) is 12.1 Å². The normalized spacial score (nSPS) is 12.2. The summed E-state index contributed by atoms with van der Waals surface area (Å²) in [5.41, 5.74) is 3.37. The van der Waals surface area contributed by atoms with Gasteiger partial charge in [0, 0.05) is 0 Å². The molecular formula is C23H20N2. The molecule has 0 radical (unpaired) electrons. The first kappa shape index (κ1) is 16.7. The summed E-state index contributed by atoms with van der Waals surface area (Å²) < 4.78 is 0. The van der Waals surface area contributed by atoms with Gasteiger partial charge in [0.25, 0.3) is 0 Å². The largest absolute Gasteiger partial charge is 0.288 e. The molecular weight excluding hydrogens is 304 g/mol. The summed E-state index contributed by atoms with van der Waals surface area (Å²) in [6.07, 6.45) is 3.89. The van der Waals surface area contributed by atoms with E-state index in [1.54, 1.807) is 0 Å². The van der Waals surface area contributed by atoms with E-state index >= 15 is 0 Å². The molecule has 0 unspecified atom stereocenters. The zero-order valence-electron chi connectivity index (χ0n) is 13.9. The van der Waals surface area contributed by atoms with E-state index in [9.17, 15) is 5.26 Å². The van der Waals surface area contributed by atoms with Crippen molar-refractivity contribution in [2.24, 2.45) is 0 Å². The predicted molar refractivity (Wildman–Crippen MR) is 103 cm³/mol. The summed E-state index contributed by atoms with van der Waals surface area (Å²) in [6.45, 7) is 0. The van der Waals surface area contributed by atoms with Crippen molar-refractivity contribution in [1.29, 1.82) is 5.26 Å². The summed E-state index contributed by atoms with van der Waals surface area (Å²) in [5, 5.41) is 13.0. The highest BCUT2D eigenvalue weighted by Gasteiger charge is 2.16. The molecule has 2 nitrogen and oxygen atoms in total. The minimum atomic E-state index is -0.384. The summed E-state index contributed by atoms with van der Waals surface area (Å²) in [7, 11) is 0. The lowest BCUT2D eigenvalue weighted by atomic mass is 9.98. The van der Waals surface area contributed by atoms with Crippen LogP contribution in [0.15, 0.2) is 97.1 Å². The molecule has 0 aromatic heterocycles. The highest BCUT2D eigenvalue weighted by atomic mass is 14.9. The molecule has 0 aliphatic carbocycles. The van der Waals surface area contributed by atoms with Crippen LogP contribution >= 0.6 is 0 Å². The standard InChI is InChI=1S/C23H20N2/c24-18-22(17-16-19-10-4-1-5-11-19)25-23(20-12-6-2-7-13-20)21-14-8-3-9-15-21/h1-17,22-23,25H/t22-/m1/s1. The van der Waals surface area contributed by atoms with Crippen LogP contribution in [0.5, 0.6) is 0 Å². The molecule has 0 saturated carbocycles. The molecule has 1 N–H and O–H groups in total. The molecule has 0 saturated heterocycles. The second-order valence-electron chi connectivity index (χ2n) is 5.80. The number of nitriles is 1. The Labute approximate surface area is 149 Å². The highest BCUT2D eigenvalue weighted by Crippen LogP contribution is 2.22. The zero-order valence-corrected chi connectivity index (χ0v) is 13.9. The van der Waals surface area contributed by atoms with E-state index in [0.29, 0.717) is 0 Å². The Bertz CT molecular complexity index is 794. The van der Waals surface area contributed by atoms with E-state index in [2.05, 4.69) is 35.7 Å². The molecule has 0 heterocycles. The number of nitrogens with one attached hydrogen (secondary N) is 1. The average Bonchev–Trinajstić information content (AvgIpc) is 2.70. The monoisotopic (exact) mass is 324 g/mol. The van der Waals surface area contributed by atoms with Crippen LogP contribution in [0.3, 0.4) is 0 Å². The van der Waals surface area contributed by atoms with Crippen LogP contribution in [-0.4, -0.2) is 6.04 Å². The van der Waals surface area contributed by atoms with E-state index < -0.39 is 0 Å². The van der Waals surface area contributed by atoms with E-state index in [0.717, 1.165) is 16.7 Å². The smallest absolute Gasteiger partial charge is 0.115 e. The molecule has 0 spiro atoms. The molecule has 1 atom stereocenters. The molecule has 0 aliphatic heterocycles. The summed E-state index contributed by atoms with van der Waals surface area (Å²) in [6, 6.07) is 32.4. The first-order valence-corrected chi connectivity index (χ1v) is 8.35. The Balaban J connectivity index is 1.84. The molecule has 0 bridgehead atoms. The third-order valence-corrected chi connectivity index (χ3v) is 4.03. The van der Waals surface area contributed by atoms with Gasteiger partial charge in [0.15, 0.2) is 0 Å². The quantitative estimate of drug-likeness (QED) is 0.695. The molecule has 3 aromatic rings. The van der Waals surface area contributed by atoms with Crippen molar-refractivity contribution in [2.75, 3.05) is 0 Å². The maximum atomic E-state index is 9.58. The fourth-order valence-corrected chi connectivity index (χ4v) is 2.76. The summed E-state index contributed by atoms with van der Waals surface area (Å²) >= 11 is 0. The van der Waals surface area contributed by atoms with Gasteiger partial charge in [-0.2, -0.15) is 5.26 Å². The Kier molecular flexibility index (Phi) is 5.77. The van der Waals surface area contributed by atoms with Gasteiger partial charge in [0.2, 0.25) is 0 Å². The summed E-state index contributed by atoms with van der Waals surface area (Å²) in [4.78, 5) is 0. The van der Waals surface area contributed by atoms with Gasteiger partial charge in [0.1, 0.15) is 6.04 Å². The molecule has 3 rings (SSSR count). The fraction of sp³-hybridized carbons (Fsp3) is 0.0870. The van der Waals surface area contributed by atoms with Crippen molar-refractivity contribution in [1.82, 2.24) is 5.32 Å². The lowest BCUT2D eigenvalue weighted by Gasteiger charge is -2.21. The van der Waals surface area contributed by atoms with Crippen LogP contribution in [0.25, 0.3) is 6.08 Å². The van der Waals surface area contributed by atoms with Crippen molar-refractivity contribution in [2.45, 2.75) is 12.1 Å². The van der Waals surface area contributed by atoms with Crippen molar-refractivity contribution in [3.05, 3.63) is 114 Å². The van der Waals surface area contributed by atoms with Gasteiger partial charge in [-0.15, -0.1) is 0 Å². The first-order valence-electron chi connectivity index (χ1n) is 8.35. The Morgan fingerprint density at radius 3 is 1.68 bits per heavy atom. The van der Waals surface area contributed by atoms with Crippen LogP contribution in [0.1, 0.15) is 22.7 Å². The van der Waals surface area contributed by atoms with Gasteiger partial charge in [-0.3, -0.25) is 5.32 Å². The molecule has 122 valence electrons. The molecule has 25 heavy (non-hydrogen) atoms.